The van der Waals surface area contributed by atoms with Crippen molar-refractivity contribution in [1.29, 1.82) is 0 Å². The van der Waals surface area contributed by atoms with Crippen LogP contribution in [0.1, 0.15) is 32.6 Å². The largest absolute Gasteiger partial charge is 0.300 e. The molecule has 0 radical (unpaired) electrons. The molecule has 0 aromatic heterocycles. The average Bonchev–Trinajstić information content (AvgIpc) is 2.32. The van der Waals surface area contributed by atoms with Gasteiger partial charge in [-0.25, -0.2) is 0 Å². The van der Waals surface area contributed by atoms with Crippen molar-refractivity contribution in [3.05, 3.63) is 61.3 Å². The average molecular weight is 230 g/mol. The highest BCUT2D eigenvalue weighted by Crippen LogP contribution is 1.99. The number of allylic oxidation sites excluding steroid dienone is 9. The van der Waals surface area contributed by atoms with Crippen molar-refractivity contribution >= 4 is 5.78 Å². The highest BCUT2D eigenvalue weighted by Gasteiger charge is 1.96. The standard InChI is InChI=1S/C16H22O/c1-3-5-6-7-8-9-10-11-12-13-15-16(17)14-4-2/h3,5-12H,1,4,13-15H2,2H3. The van der Waals surface area contributed by atoms with Gasteiger partial charge in [-0.05, 0) is 12.8 Å². The summed E-state index contributed by atoms with van der Waals surface area (Å²) >= 11 is 0. The Balaban J connectivity index is 3.63. The number of carbonyl (C=O) groups is 1. The Morgan fingerprint density at radius 1 is 0.941 bits per heavy atom. The van der Waals surface area contributed by atoms with E-state index in [9.17, 15) is 4.79 Å². The van der Waals surface area contributed by atoms with Crippen LogP contribution in [0.3, 0.4) is 0 Å². The fraction of sp³-hybridized carbons (Fsp3) is 0.312. The maximum atomic E-state index is 11.2. The Morgan fingerprint density at radius 2 is 1.53 bits per heavy atom. The molecule has 0 bridgehead atoms. The minimum absolute atomic E-state index is 0.357. The van der Waals surface area contributed by atoms with Crippen LogP contribution in [0.15, 0.2) is 61.3 Å². The minimum Gasteiger partial charge on any atom is -0.300 e. The maximum absolute atomic E-state index is 11.2. The van der Waals surface area contributed by atoms with Gasteiger partial charge in [0.2, 0.25) is 0 Å². The van der Waals surface area contributed by atoms with Gasteiger partial charge in [-0.3, -0.25) is 4.79 Å². The van der Waals surface area contributed by atoms with E-state index in [1.807, 2.05) is 55.5 Å². The van der Waals surface area contributed by atoms with E-state index in [4.69, 9.17) is 0 Å². The van der Waals surface area contributed by atoms with Gasteiger partial charge >= 0.3 is 0 Å². The number of carbonyl (C=O) groups excluding carboxylic acids is 1. The summed E-state index contributed by atoms with van der Waals surface area (Å²) in [5, 5.41) is 0. The normalized spacial score (nSPS) is 12.3. The van der Waals surface area contributed by atoms with Gasteiger partial charge in [0.25, 0.3) is 0 Å². The third kappa shape index (κ3) is 12.3. The molecule has 0 aromatic rings. The van der Waals surface area contributed by atoms with Crippen LogP contribution in [-0.2, 0) is 4.79 Å². The van der Waals surface area contributed by atoms with Crippen LogP contribution in [0.5, 0.6) is 0 Å². The molecule has 0 rings (SSSR count). The third-order valence-corrected chi connectivity index (χ3v) is 2.06. The topological polar surface area (TPSA) is 17.1 Å². The molecule has 0 unspecified atom stereocenters. The van der Waals surface area contributed by atoms with Crippen molar-refractivity contribution < 1.29 is 4.79 Å². The highest BCUT2D eigenvalue weighted by molar-refractivity contribution is 5.78. The number of hydrogen-bond donors (Lipinski definition) is 0. The molecule has 0 aliphatic rings. The zero-order valence-corrected chi connectivity index (χ0v) is 10.6. The molecule has 1 nitrogen and oxygen atoms in total. The third-order valence-electron chi connectivity index (χ3n) is 2.06. The lowest BCUT2D eigenvalue weighted by molar-refractivity contribution is -0.119. The molecule has 92 valence electrons. The van der Waals surface area contributed by atoms with Crippen molar-refractivity contribution in [3.8, 4) is 0 Å². The predicted molar refractivity (Wildman–Crippen MR) is 75.9 cm³/mol. The second kappa shape index (κ2) is 12.4. The van der Waals surface area contributed by atoms with Gasteiger partial charge in [-0.1, -0.05) is 68.2 Å². The summed E-state index contributed by atoms with van der Waals surface area (Å²) in [7, 11) is 0. The molecule has 0 aliphatic heterocycles. The molecule has 0 heterocycles. The molecule has 0 fully saturated rings. The first-order chi connectivity index (χ1) is 8.31. The summed E-state index contributed by atoms with van der Waals surface area (Å²) in [6.07, 6.45) is 20.5. The second-order valence-corrected chi connectivity index (χ2v) is 3.65. The molecular weight excluding hydrogens is 208 g/mol. The number of Topliss-reactive ketones (excluding diaryl/α,β-unsaturated/α-hetero) is 1. The maximum Gasteiger partial charge on any atom is 0.133 e. The van der Waals surface area contributed by atoms with Gasteiger partial charge in [-0.15, -0.1) is 0 Å². The molecule has 0 atom stereocenters. The van der Waals surface area contributed by atoms with Gasteiger partial charge in [0.15, 0.2) is 0 Å². The monoisotopic (exact) mass is 230 g/mol. The van der Waals surface area contributed by atoms with Crippen LogP contribution in [0, 0.1) is 0 Å². The summed E-state index contributed by atoms with van der Waals surface area (Å²) in [6.45, 7) is 5.61. The summed E-state index contributed by atoms with van der Waals surface area (Å²) in [5.74, 6) is 0.357. The van der Waals surface area contributed by atoms with Crippen molar-refractivity contribution in [1.82, 2.24) is 0 Å². The quantitative estimate of drug-likeness (QED) is 0.531. The van der Waals surface area contributed by atoms with E-state index in [1.54, 1.807) is 6.08 Å². The van der Waals surface area contributed by atoms with Crippen LogP contribution in [0.2, 0.25) is 0 Å². The Hall–Kier alpha value is -1.63. The summed E-state index contributed by atoms with van der Waals surface area (Å²) in [5.41, 5.74) is 0. The Morgan fingerprint density at radius 3 is 2.12 bits per heavy atom. The van der Waals surface area contributed by atoms with Crippen molar-refractivity contribution in [2.45, 2.75) is 32.6 Å². The van der Waals surface area contributed by atoms with E-state index >= 15 is 0 Å². The van der Waals surface area contributed by atoms with E-state index in [1.165, 1.54) is 0 Å². The van der Waals surface area contributed by atoms with Crippen LogP contribution in [0.25, 0.3) is 0 Å². The lowest BCUT2D eigenvalue weighted by Crippen LogP contribution is -1.94. The highest BCUT2D eigenvalue weighted by atomic mass is 16.1. The van der Waals surface area contributed by atoms with Crippen LogP contribution >= 0.6 is 0 Å². The Bertz CT molecular complexity index is 316. The molecule has 1 heteroatoms. The first kappa shape index (κ1) is 15.4. The Kier molecular flexibility index (Phi) is 11.2. The van der Waals surface area contributed by atoms with Crippen molar-refractivity contribution in [2.75, 3.05) is 0 Å². The Labute approximate surface area is 105 Å². The van der Waals surface area contributed by atoms with Gasteiger partial charge in [0.05, 0.1) is 0 Å². The van der Waals surface area contributed by atoms with Gasteiger partial charge < -0.3 is 0 Å². The van der Waals surface area contributed by atoms with Crippen molar-refractivity contribution in [2.24, 2.45) is 0 Å². The number of rotatable bonds is 9. The molecule has 0 N–H and O–H groups in total. The van der Waals surface area contributed by atoms with Crippen LogP contribution < -0.4 is 0 Å². The lowest BCUT2D eigenvalue weighted by atomic mass is 10.1. The first-order valence-corrected chi connectivity index (χ1v) is 6.10. The summed E-state index contributed by atoms with van der Waals surface area (Å²) in [4.78, 5) is 11.2. The van der Waals surface area contributed by atoms with E-state index in [0.717, 1.165) is 12.8 Å². The lowest BCUT2D eigenvalue weighted by Gasteiger charge is -1.93. The molecular formula is C16H22O. The fourth-order valence-corrected chi connectivity index (χ4v) is 1.22. The van der Waals surface area contributed by atoms with Crippen LogP contribution in [-0.4, -0.2) is 5.78 Å². The van der Waals surface area contributed by atoms with Gasteiger partial charge in [0.1, 0.15) is 5.78 Å². The summed E-state index contributed by atoms with van der Waals surface area (Å²) in [6, 6.07) is 0. The molecule has 0 saturated carbocycles. The zero-order valence-electron chi connectivity index (χ0n) is 10.6. The van der Waals surface area contributed by atoms with E-state index in [0.29, 0.717) is 18.6 Å². The minimum atomic E-state index is 0.357. The van der Waals surface area contributed by atoms with Gasteiger partial charge in [-0.2, -0.15) is 0 Å². The van der Waals surface area contributed by atoms with E-state index in [-0.39, 0.29) is 0 Å². The molecule has 17 heavy (non-hydrogen) atoms. The molecule has 0 saturated heterocycles. The summed E-state index contributed by atoms with van der Waals surface area (Å²) < 4.78 is 0. The fourth-order valence-electron chi connectivity index (χ4n) is 1.22. The van der Waals surface area contributed by atoms with E-state index < -0.39 is 0 Å². The van der Waals surface area contributed by atoms with Crippen molar-refractivity contribution in [3.63, 3.8) is 0 Å². The zero-order chi connectivity index (χ0) is 12.8. The smallest absolute Gasteiger partial charge is 0.133 e. The molecule has 0 aromatic carbocycles. The number of hydrogen-bond acceptors (Lipinski definition) is 1. The predicted octanol–water partition coefficient (Wildman–Crippen LogP) is 4.55. The van der Waals surface area contributed by atoms with Crippen LogP contribution in [0.4, 0.5) is 0 Å². The number of ketones is 1. The van der Waals surface area contributed by atoms with E-state index in [2.05, 4.69) is 6.58 Å². The molecule has 0 spiro atoms. The molecule has 0 aliphatic carbocycles. The SMILES string of the molecule is C=CC=CC=CC=CC=CCCC(=O)CCC. The van der Waals surface area contributed by atoms with Gasteiger partial charge in [0, 0.05) is 12.8 Å². The second-order valence-electron chi connectivity index (χ2n) is 3.65. The molecule has 0 amide bonds. The first-order valence-electron chi connectivity index (χ1n) is 6.10.